The largest absolute Gasteiger partial charge is 0.435 e. The van der Waals surface area contributed by atoms with Crippen LogP contribution in [0.15, 0.2) is 53.3 Å². The molecule has 0 radical (unpaired) electrons. The third kappa shape index (κ3) is 4.32. The minimum atomic E-state index is -2.93. The van der Waals surface area contributed by atoms with E-state index >= 15 is 0 Å². The van der Waals surface area contributed by atoms with Crippen LogP contribution in [0.25, 0.3) is 10.8 Å². The van der Waals surface area contributed by atoms with E-state index in [2.05, 4.69) is 20.3 Å². The molecule has 1 fully saturated rings. The molecule has 0 bridgehead atoms. The van der Waals surface area contributed by atoms with Crippen LogP contribution in [0.1, 0.15) is 47.7 Å². The number of hydrogen-bond acceptors (Lipinski definition) is 4. The lowest BCUT2D eigenvalue weighted by Gasteiger charge is -2.29. The molecule has 1 heterocycles. The van der Waals surface area contributed by atoms with Gasteiger partial charge in [0.05, 0.1) is 11.1 Å². The summed E-state index contributed by atoms with van der Waals surface area (Å²) in [5.74, 6) is -0.161. The molecule has 2 aromatic carbocycles. The number of ether oxygens (including phenoxy) is 1. The smallest absolute Gasteiger partial charge is 0.387 e. The molecule has 1 saturated carbocycles. The highest BCUT2D eigenvalue weighted by atomic mass is 19.3. The quantitative estimate of drug-likeness (QED) is 0.663. The highest BCUT2D eigenvalue weighted by molar-refractivity contribution is 5.94. The first kappa shape index (κ1) is 20.0. The number of alkyl halides is 2. The molecule has 1 aliphatic rings. The summed E-state index contributed by atoms with van der Waals surface area (Å²) in [6.07, 6.45) is 3.17. The maximum Gasteiger partial charge on any atom is 0.387 e. The van der Waals surface area contributed by atoms with Crippen molar-refractivity contribution in [1.82, 2.24) is 15.5 Å². The number of carbonyl (C=O) groups is 1. The Labute approximate surface area is 171 Å². The predicted octanol–water partition coefficient (Wildman–Crippen LogP) is 3.98. The Hall–Kier alpha value is -3.29. The topological polar surface area (TPSA) is 84.1 Å². The van der Waals surface area contributed by atoms with Crippen LogP contribution in [-0.4, -0.2) is 28.8 Å². The number of fused-ring (bicyclic) bond motifs is 1. The van der Waals surface area contributed by atoms with E-state index in [-0.39, 0.29) is 34.7 Å². The van der Waals surface area contributed by atoms with E-state index in [1.807, 2.05) is 18.2 Å². The molecule has 1 aromatic heterocycles. The van der Waals surface area contributed by atoms with E-state index in [4.69, 9.17) is 0 Å². The van der Waals surface area contributed by atoms with Crippen molar-refractivity contribution in [2.75, 3.05) is 0 Å². The normalized spacial score (nSPS) is 19.0. The monoisotopic (exact) mass is 413 g/mol. The average molecular weight is 413 g/mol. The summed E-state index contributed by atoms with van der Waals surface area (Å²) >= 11 is 0. The fourth-order valence-electron chi connectivity index (χ4n) is 4.04. The number of aromatic amines is 1. The van der Waals surface area contributed by atoms with Gasteiger partial charge in [-0.15, -0.1) is 0 Å². The minimum Gasteiger partial charge on any atom is -0.435 e. The number of aromatic nitrogens is 2. The summed E-state index contributed by atoms with van der Waals surface area (Å²) in [4.78, 5) is 24.5. The third-order valence-corrected chi connectivity index (χ3v) is 5.50. The molecule has 8 heteroatoms. The van der Waals surface area contributed by atoms with Crippen LogP contribution in [-0.2, 0) is 0 Å². The Morgan fingerprint density at radius 2 is 1.80 bits per heavy atom. The first-order chi connectivity index (χ1) is 14.5. The number of hydrogen-bond donors (Lipinski definition) is 2. The second kappa shape index (κ2) is 8.61. The lowest BCUT2D eigenvalue weighted by molar-refractivity contribution is -0.0498. The molecule has 0 atom stereocenters. The van der Waals surface area contributed by atoms with Crippen LogP contribution in [0, 0.1) is 0 Å². The summed E-state index contributed by atoms with van der Waals surface area (Å²) in [5.41, 5.74) is 0.962. The van der Waals surface area contributed by atoms with Gasteiger partial charge >= 0.3 is 6.61 Å². The van der Waals surface area contributed by atoms with Crippen LogP contribution in [0.5, 0.6) is 5.75 Å². The second-order valence-electron chi connectivity index (χ2n) is 7.41. The molecular formula is C22H21F2N3O3. The first-order valence-electron chi connectivity index (χ1n) is 9.84. The first-order valence-corrected chi connectivity index (χ1v) is 9.84. The van der Waals surface area contributed by atoms with Gasteiger partial charge in [-0.3, -0.25) is 9.59 Å². The molecule has 6 nitrogen and oxygen atoms in total. The number of nitrogens with zero attached hydrogens (tertiary/aromatic N) is 1. The van der Waals surface area contributed by atoms with Crippen molar-refractivity contribution in [2.24, 2.45) is 0 Å². The van der Waals surface area contributed by atoms with Crippen molar-refractivity contribution in [3.8, 4) is 5.75 Å². The highest BCUT2D eigenvalue weighted by Crippen LogP contribution is 2.34. The standard InChI is InChI=1S/C22H21F2N3O3/c23-22(24)30-16-5-3-4-14(12-16)20(28)25-15-10-8-13(9-11-15)19-17-6-1-2-7-18(17)21(29)27-26-19/h1-7,12-13,15,22H,8-11H2,(H,25,28)(H,27,29). The fraction of sp³-hybridized carbons (Fsp3) is 0.318. The highest BCUT2D eigenvalue weighted by Gasteiger charge is 2.26. The van der Waals surface area contributed by atoms with Crippen LogP contribution in [0.3, 0.4) is 0 Å². The summed E-state index contributed by atoms with van der Waals surface area (Å²) < 4.78 is 29.1. The van der Waals surface area contributed by atoms with Gasteiger partial charge in [0.1, 0.15) is 5.75 Å². The SMILES string of the molecule is O=C(NC1CCC(c2n[nH]c(=O)c3ccccc23)CC1)c1cccc(OC(F)F)c1. The van der Waals surface area contributed by atoms with Crippen molar-refractivity contribution < 1.29 is 18.3 Å². The van der Waals surface area contributed by atoms with E-state index in [0.29, 0.717) is 5.39 Å². The predicted molar refractivity (Wildman–Crippen MR) is 108 cm³/mol. The van der Waals surface area contributed by atoms with Gasteiger partial charge in [-0.2, -0.15) is 13.9 Å². The number of rotatable bonds is 5. The molecule has 1 amide bonds. The Bertz CT molecular complexity index is 1110. The number of nitrogens with one attached hydrogen (secondary N) is 2. The number of benzene rings is 2. The van der Waals surface area contributed by atoms with Gasteiger partial charge in [-0.25, -0.2) is 5.10 Å². The van der Waals surface area contributed by atoms with E-state index in [1.54, 1.807) is 12.1 Å². The number of amides is 1. The van der Waals surface area contributed by atoms with Gasteiger partial charge < -0.3 is 10.1 Å². The molecule has 0 spiro atoms. The molecule has 4 rings (SSSR count). The lowest BCUT2D eigenvalue weighted by Crippen LogP contribution is -2.37. The molecule has 0 aliphatic heterocycles. The fourth-order valence-corrected chi connectivity index (χ4v) is 4.04. The van der Waals surface area contributed by atoms with E-state index in [1.165, 1.54) is 18.2 Å². The zero-order valence-electron chi connectivity index (χ0n) is 16.1. The maximum atomic E-state index is 12.5. The van der Waals surface area contributed by atoms with Crippen LogP contribution in [0.4, 0.5) is 8.78 Å². The van der Waals surface area contributed by atoms with Gasteiger partial charge in [0.15, 0.2) is 0 Å². The van der Waals surface area contributed by atoms with Crippen molar-refractivity contribution in [3.63, 3.8) is 0 Å². The summed E-state index contributed by atoms with van der Waals surface area (Å²) in [5, 5.41) is 11.3. The number of carbonyl (C=O) groups excluding carboxylic acids is 1. The third-order valence-electron chi connectivity index (χ3n) is 5.50. The van der Waals surface area contributed by atoms with E-state index < -0.39 is 6.61 Å². The van der Waals surface area contributed by atoms with Gasteiger partial charge in [0.25, 0.3) is 11.5 Å². The van der Waals surface area contributed by atoms with Crippen molar-refractivity contribution in [3.05, 3.63) is 70.1 Å². The summed E-state index contributed by atoms with van der Waals surface area (Å²) in [6.45, 7) is -2.93. The Kier molecular flexibility index (Phi) is 5.74. The van der Waals surface area contributed by atoms with Crippen molar-refractivity contribution in [2.45, 2.75) is 44.3 Å². The zero-order chi connectivity index (χ0) is 21.1. The van der Waals surface area contributed by atoms with Gasteiger partial charge in [0.2, 0.25) is 0 Å². The lowest BCUT2D eigenvalue weighted by atomic mass is 9.82. The molecule has 2 N–H and O–H groups in total. The van der Waals surface area contributed by atoms with Gasteiger partial charge in [0, 0.05) is 22.9 Å². The number of halogens is 2. The molecule has 0 saturated heterocycles. The maximum absolute atomic E-state index is 12.5. The van der Waals surface area contributed by atoms with Crippen LogP contribution in [0.2, 0.25) is 0 Å². The van der Waals surface area contributed by atoms with Crippen LogP contribution >= 0.6 is 0 Å². The van der Waals surface area contributed by atoms with E-state index in [9.17, 15) is 18.4 Å². The molecule has 3 aromatic rings. The number of H-pyrrole nitrogens is 1. The van der Waals surface area contributed by atoms with Crippen molar-refractivity contribution >= 4 is 16.7 Å². The minimum absolute atomic E-state index is 0.0116. The molecule has 156 valence electrons. The van der Waals surface area contributed by atoms with E-state index in [0.717, 1.165) is 36.8 Å². The van der Waals surface area contributed by atoms with Gasteiger partial charge in [-0.05, 0) is 49.9 Å². The second-order valence-corrected chi connectivity index (χ2v) is 7.41. The Morgan fingerprint density at radius 1 is 1.07 bits per heavy atom. The molecular weight excluding hydrogens is 392 g/mol. The van der Waals surface area contributed by atoms with Crippen molar-refractivity contribution in [1.29, 1.82) is 0 Å². The summed E-state index contributed by atoms with van der Waals surface area (Å²) in [7, 11) is 0. The molecule has 30 heavy (non-hydrogen) atoms. The Morgan fingerprint density at radius 3 is 2.53 bits per heavy atom. The molecule has 0 unspecified atom stereocenters. The van der Waals surface area contributed by atoms with Crippen LogP contribution < -0.4 is 15.6 Å². The Balaban J connectivity index is 1.40. The molecule has 1 aliphatic carbocycles. The summed E-state index contributed by atoms with van der Waals surface area (Å²) in [6, 6.07) is 13.2. The van der Waals surface area contributed by atoms with Gasteiger partial charge in [-0.1, -0.05) is 24.3 Å². The average Bonchev–Trinajstić information content (AvgIpc) is 2.75. The zero-order valence-corrected chi connectivity index (χ0v) is 16.1.